The van der Waals surface area contributed by atoms with E-state index in [1.54, 1.807) is 14.2 Å². The van der Waals surface area contributed by atoms with Crippen LogP contribution in [0.5, 0.6) is 0 Å². The highest BCUT2D eigenvalue weighted by Crippen LogP contribution is 2.23. The molecule has 21 heavy (non-hydrogen) atoms. The Bertz CT molecular complexity index is 295. The van der Waals surface area contributed by atoms with E-state index < -0.39 is 26.4 Å². The summed E-state index contributed by atoms with van der Waals surface area (Å²) in [6.07, 6.45) is 1.16. The molecule has 0 aromatic carbocycles. The van der Waals surface area contributed by atoms with Gasteiger partial charge in [-0.05, 0) is 32.6 Å². The quantitative estimate of drug-likeness (QED) is 0.302. The largest absolute Gasteiger partial charge is 0.491 e. The molecule has 0 saturated carbocycles. The third-order valence-corrected chi connectivity index (χ3v) is 12.6. The van der Waals surface area contributed by atoms with Gasteiger partial charge in [-0.25, -0.2) is 0 Å². The van der Waals surface area contributed by atoms with Crippen molar-refractivity contribution in [2.24, 2.45) is 0 Å². The van der Waals surface area contributed by atoms with Gasteiger partial charge in [-0.2, -0.15) is 0 Å². The second-order valence-corrected chi connectivity index (χ2v) is 15.2. The van der Waals surface area contributed by atoms with Gasteiger partial charge in [0.25, 0.3) is 0 Å². The maximum Gasteiger partial charge on any atom is 0.491 e. The van der Waals surface area contributed by atoms with Gasteiger partial charge in [0.1, 0.15) is 6.10 Å². The SMILES string of the molecule is CO[Si](CCCOCC1CO1)(OC)O[Si](C)(C)O[SiH](C)C. The van der Waals surface area contributed by atoms with E-state index in [4.69, 9.17) is 26.6 Å². The molecular weight excluding hydrogens is 324 g/mol. The highest BCUT2D eigenvalue weighted by Gasteiger charge is 2.45. The molecule has 0 amide bonds. The fraction of sp³-hybridized carbons (Fsp3) is 1.00. The predicted molar refractivity (Wildman–Crippen MR) is 88.3 cm³/mol. The molecule has 0 aromatic rings. The molecule has 9 heteroatoms. The minimum atomic E-state index is -2.66. The zero-order valence-corrected chi connectivity index (χ0v) is 17.3. The van der Waals surface area contributed by atoms with Crippen LogP contribution in [0.25, 0.3) is 0 Å². The predicted octanol–water partition coefficient (Wildman–Crippen LogP) is 1.74. The summed E-state index contributed by atoms with van der Waals surface area (Å²) in [5.41, 5.74) is 0. The van der Waals surface area contributed by atoms with E-state index in [0.717, 1.165) is 19.1 Å². The van der Waals surface area contributed by atoms with Crippen molar-refractivity contribution < 1.29 is 26.6 Å². The first-order valence-electron chi connectivity index (χ1n) is 7.50. The van der Waals surface area contributed by atoms with Crippen molar-refractivity contribution in [3.05, 3.63) is 0 Å². The minimum Gasteiger partial charge on any atom is -0.439 e. The van der Waals surface area contributed by atoms with E-state index in [-0.39, 0.29) is 0 Å². The Morgan fingerprint density at radius 2 is 1.81 bits per heavy atom. The molecule has 0 aliphatic carbocycles. The van der Waals surface area contributed by atoms with Gasteiger partial charge in [-0.3, -0.25) is 0 Å². The molecule has 126 valence electrons. The zero-order valence-electron chi connectivity index (χ0n) is 14.1. The van der Waals surface area contributed by atoms with Crippen LogP contribution in [0.2, 0.25) is 32.2 Å². The van der Waals surface area contributed by atoms with Crippen LogP contribution in [0, 0.1) is 0 Å². The Kier molecular flexibility index (Phi) is 8.24. The molecule has 1 aliphatic heterocycles. The Hall–Kier alpha value is 0.411. The minimum absolute atomic E-state index is 0.309. The Morgan fingerprint density at radius 3 is 2.29 bits per heavy atom. The molecule has 1 aliphatic rings. The molecule has 1 saturated heterocycles. The summed E-state index contributed by atoms with van der Waals surface area (Å²) in [7, 11) is -2.69. The number of hydrogen-bond acceptors (Lipinski definition) is 6. The van der Waals surface area contributed by atoms with Crippen molar-refractivity contribution in [3.63, 3.8) is 0 Å². The lowest BCUT2D eigenvalue weighted by molar-refractivity contribution is 0.107. The molecule has 1 rings (SSSR count). The normalized spacial score (nSPS) is 19.3. The van der Waals surface area contributed by atoms with Crippen LogP contribution in [-0.2, 0) is 26.6 Å². The molecule has 1 fully saturated rings. The van der Waals surface area contributed by atoms with Crippen molar-refractivity contribution in [1.82, 2.24) is 0 Å². The molecule has 0 bridgehead atoms. The van der Waals surface area contributed by atoms with Crippen molar-refractivity contribution in [3.8, 4) is 0 Å². The van der Waals surface area contributed by atoms with Crippen molar-refractivity contribution in [2.45, 2.75) is 44.8 Å². The van der Waals surface area contributed by atoms with Crippen LogP contribution < -0.4 is 0 Å². The average molecular weight is 355 g/mol. The van der Waals surface area contributed by atoms with Gasteiger partial charge in [0, 0.05) is 26.9 Å². The van der Waals surface area contributed by atoms with E-state index >= 15 is 0 Å². The van der Waals surface area contributed by atoms with Crippen LogP contribution in [0.3, 0.4) is 0 Å². The van der Waals surface area contributed by atoms with Gasteiger partial charge in [0.15, 0.2) is 9.04 Å². The second kappa shape index (κ2) is 8.89. The molecule has 0 radical (unpaired) electrons. The Balaban J connectivity index is 2.39. The summed E-state index contributed by atoms with van der Waals surface area (Å²) in [5, 5.41) is 0. The first kappa shape index (κ1) is 19.5. The van der Waals surface area contributed by atoms with E-state index in [1.807, 2.05) is 0 Å². The molecule has 1 heterocycles. The molecule has 0 N–H and O–H groups in total. The summed E-state index contributed by atoms with van der Waals surface area (Å²) in [6, 6.07) is 0.741. The van der Waals surface area contributed by atoms with Gasteiger partial charge in [-0.15, -0.1) is 0 Å². The van der Waals surface area contributed by atoms with Gasteiger partial charge in [0.05, 0.1) is 13.2 Å². The average Bonchev–Trinajstić information content (AvgIpc) is 3.19. The van der Waals surface area contributed by atoms with E-state index in [1.165, 1.54) is 0 Å². The fourth-order valence-corrected chi connectivity index (χ4v) is 12.5. The zero-order chi connectivity index (χ0) is 15.9. The van der Waals surface area contributed by atoms with E-state index in [2.05, 4.69) is 26.2 Å². The van der Waals surface area contributed by atoms with Crippen molar-refractivity contribution >= 4 is 26.4 Å². The van der Waals surface area contributed by atoms with Crippen LogP contribution in [0.1, 0.15) is 6.42 Å². The van der Waals surface area contributed by atoms with Crippen LogP contribution in [0.4, 0.5) is 0 Å². The van der Waals surface area contributed by atoms with E-state index in [0.29, 0.717) is 19.3 Å². The molecule has 1 atom stereocenters. The van der Waals surface area contributed by atoms with Crippen molar-refractivity contribution in [1.29, 1.82) is 0 Å². The smallest absolute Gasteiger partial charge is 0.439 e. The third-order valence-electron chi connectivity index (χ3n) is 3.02. The lowest BCUT2D eigenvalue weighted by Crippen LogP contribution is -2.54. The van der Waals surface area contributed by atoms with Gasteiger partial charge in [-0.1, -0.05) is 0 Å². The summed E-state index contributed by atoms with van der Waals surface area (Å²) >= 11 is 0. The molecule has 0 aromatic heterocycles. The summed E-state index contributed by atoms with van der Waals surface area (Å²) in [6.45, 7) is 10.6. The van der Waals surface area contributed by atoms with Crippen LogP contribution in [-0.4, -0.2) is 66.5 Å². The van der Waals surface area contributed by atoms with Gasteiger partial charge >= 0.3 is 17.4 Å². The van der Waals surface area contributed by atoms with Crippen molar-refractivity contribution in [2.75, 3.05) is 34.0 Å². The monoisotopic (exact) mass is 354 g/mol. The number of hydrogen-bond donors (Lipinski definition) is 0. The summed E-state index contributed by atoms with van der Waals surface area (Å²) < 4.78 is 34.2. The third kappa shape index (κ3) is 8.00. The molecule has 1 unspecified atom stereocenters. The lowest BCUT2D eigenvalue weighted by atomic mass is 10.5. The first-order valence-corrected chi connectivity index (χ1v) is 15.0. The van der Waals surface area contributed by atoms with Gasteiger partial charge in [0.2, 0.25) is 0 Å². The fourth-order valence-electron chi connectivity index (χ4n) is 2.16. The standard InChI is InChI=1S/C12H30O6Si3/c1-13-21(14-2,18-20(5,6)17-19(3)4)9-7-8-15-10-12-11-16-12/h12,19H,7-11H2,1-6H3. The summed E-state index contributed by atoms with van der Waals surface area (Å²) in [4.78, 5) is 0. The highest BCUT2D eigenvalue weighted by atomic mass is 28.5. The number of rotatable bonds is 12. The van der Waals surface area contributed by atoms with Crippen LogP contribution in [0.15, 0.2) is 0 Å². The number of epoxide rings is 1. The van der Waals surface area contributed by atoms with Gasteiger partial charge < -0.3 is 26.6 Å². The maximum atomic E-state index is 6.24. The Labute approximate surface area is 132 Å². The first-order chi connectivity index (χ1) is 9.82. The molecular formula is C12H30O6Si3. The van der Waals surface area contributed by atoms with E-state index in [9.17, 15) is 0 Å². The Morgan fingerprint density at radius 1 is 1.19 bits per heavy atom. The highest BCUT2D eigenvalue weighted by molar-refractivity contribution is 6.80. The summed E-state index contributed by atoms with van der Waals surface area (Å²) in [5.74, 6) is 0. The number of ether oxygens (including phenoxy) is 2. The lowest BCUT2D eigenvalue weighted by Gasteiger charge is -2.35. The topological polar surface area (TPSA) is 58.7 Å². The molecule has 0 spiro atoms. The second-order valence-electron chi connectivity index (χ2n) is 5.89. The molecule has 6 nitrogen and oxygen atoms in total. The van der Waals surface area contributed by atoms with Crippen LogP contribution >= 0.6 is 0 Å². The maximum absolute atomic E-state index is 6.24.